The van der Waals surface area contributed by atoms with Gasteiger partial charge < -0.3 is 10.4 Å². The Kier molecular flexibility index (Phi) is 6.28. The molecular formula is C12H17ClFN3O3. The van der Waals surface area contributed by atoms with Gasteiger partial charge >= 0.3 is 0 Å². The first kappa shape index (κ1) is 16.8. The SMILES string of the molecule is Cl.O=[N+]([O-])c1ccc(F)c([C@H](CO)N2CCNCC2)c1. The number of non-ortho nitro benzene ring substituents is 1. The monoisotopic (exact) mass is 305 g/mol. The summed E-state index contributed by atoms with van der Waals surface area (Å²) in [7, 11) is 0. The van der Waals surface area contributed by atoms with Gasteiger partial charge in [0.1, 0.15) is 5.82 Å². The van der Waals surface area contributed by atoms with Gasteiger partial charge in [-0.2, -0.15) is 0 Å². The lowest BCUT2D eigenvalue weighted by Gasteiger charge is -2.34. The topological polar surface area (TPSA) is 78.6 Å². The summed E-state index contributed by atoms with van der Waals surface area (Å²) in [5.74, 6) is -0.525. The second kappa shape index (κ2) is 7.49. The molecule has 0 aromatic heterocycles. The zero-order chi connectivity index (χ0) is 13.8. The van der Waals surface area contributed by atoms with Gasteiger partial charge in [-0.05, 0) is 6.07 Å². The van der Waals surface area contributed by atoms with Gasteiger partial charge in [-0.25, -0.2) is 4.39 Å². The van der Waals surface area contributed by atoms with Crippen LogP contribution in [0, 0.1) is 15.9 Å². The first-order valence-electron chi connectivity index (χ1n) is 6.13. The van der Waals surface area contributed by atoms with Crippen LogP contribution in [0.15, 0.2) is 18.2 Å². The Bertz CT molecular complexity index is 469. The number of nitro benzene ring substituents is 1. The van der Waals surface area contributed by atoms with E-state index in [1.807, 2.05) is 4.90 Å². The van der Waals surface area contributed by atoms with E-state index >= 15 is 0 Å². The Morgan fingerprint density at radius 3 is 2.65 bits per heavy atom. The van der Waals surface area contributed by atoms with Gasteiger partial charge in [-0.1, -0.05) is 0 Å². The van der Waals surface area contributed by atoms with Crippen molar-refractivity contribution in [2.24, 2.45) is 0 Å². The van der Waals surface area contributed by atoms with Gasteiger partial charge in [0.25, 0.3) is 5.69 Å². The van der Waals surface area contributed by atoms with Gasteiger partial charge in [0.2, 0.25) is 0 Å². The van der Waals surface area contributed by atoms with E-state index in [0.29, 0.717) is 13.1 Å². The number of halogens is 2. The number of hydrogen-bond donors (Lipinski definition) is 2. The van der Waals surface area contributed by atoms with E-state index in [9.17, 15) is 19.6 Å². The molecule has 8 heteroatoms. The molecule has 6 nitrogen and oxygen atoms in total. The van der Waals surface area contributed by atoms with E-state index in [1.165, 1.54) is 6.07 Å². The number of aliphatic hydroxyl groups is 1. The zero-order valence-electron chi connectivity index (χ0n) is 10.8. The van der Waals surface area contributed by atoms with Crippen LogP contribution in [0.3, 0.4) is 0 Å². The second-order valence-corrected chi connectivity index (χ2v) is 4.45. The largest absolute Gasteiger partial charge is 0.394 e. The van der Waals surface area contributed by atoms with Crippen LogP contribution < -0.4 is 5.32 Å². The average molecular weight is 306 g/mol. The molecule has 1 heterocycles. The highest BCUT2D eigenvalue weighted by molar-refractivity contribution is 5.85. The van der Waals surface area contributed by atoms with Crippen LogP contribution in [0.5, 0.6) is 0 Å². The zero-order valence-corrected chi connectivity index (χ0v) is 11.6. The summed E-state index contributed by atoms with van der Waals surface area (Å²) in [6.07, 6.45) is 0. The van der Waals surface area contributed by atoms with Crippen LogP contribution in [0.1, 0.15) is 11.6 Å². The maximum atomic E-state index is 13.8. The van der Waals surface area contributed by atoms with E-state index in [0.717, 1.165) is 25.2 Å². The van der Waals surface area contributed by atoms with E-state index < -0.39 is 16.8 Å². The molecule has 20 heavy (non-hydrogen) atoms. The average Bonchev–Trinajstić information content (AvgIpc) is 2.42. The van der Waals surface area contributed by atoms with Crippen LogP contribution in [0.25, 0.3) is 0 Å². The molecule has 112 valence electrons. The molecule has 1 aliphatic rings. The predicted octanol–water partition coefficient (Wildman–Crippen LogP) is 1.09. The van der Waals surface area contributed by atoms with Crippen molar-refractivity contribution >= 4 is 18.1 Å². The van der Waals surface area contributed by atoms with E-state index in [-0.39, 0.29) is 30.3 Å². The van der Waals surface area contributed by atoms with Crippen LogP contribution in [-0.2, 0) is 0 Å². The molecule has 2 rings (SSSR count). The highest BCUT2D eigenvalue weighted by atomic mass is 35.5. The highest BCUT2D eigenvalue weighted by Crippen LogP contribution is 2.27. The molecule has 1 aromatic rings. The summed E-state index contributed by atoms with van der Waals surface area (Å²) >= 11 is 0. The number of aliphatic hydroxyl groups excluding tert-OH is 1. The number of benzene rings is 1. The third kappa shape index (κ3) is 3.63. The van der Waals surface area contributed by atoms with Crippen molar-refractivity contribution in [3.05, 3.63) is 39.7 Å². The van der Waals surface area contributed by atoms with Crippen molar-refractivity contribution in [3.8, 4) is 0 Å². The summed E-state index contributed by atoms with van der Waals surface area (Å²) < 4.78 is 13.8. The van der Waals surface area contributed by atoms with Gasteiger partial charge in [-0.15, -0.1) is 12.4 Å². The Labute approximate surface area is 122 Å². The number of hydrogen-bond acceptors (Lipinski definition) is 5. The molecule has 1 saturated heterocycles. The molecule has 0 amide bonds. The molecule has 0 saturated carbocycles. The van der Waals surface area contributed by atoms with Crippen molar-refractivity contribution in [2.75, 3.05) is 32.8 Å². The number of nitro groups is 1. The lowest BCUT2D eigenvalue weighted by atomic mass is 10.0. The summed E-state index contributed by atoms with van der Waals surface area (Å²) in [5, 5.41) is 23.4. The first-order valence-corrected chi connectivity index (χ1v) is 6.13. The molecule has 0 bridgehead atoms. The first-order chi connectivity index (χ1) is 9.13. The van der Waals surface area contributed by atoms with Crippen molar-refractivity contribution in [3.63, 3.8) is 0 Å². The predicted molar refractivity (Wildman–Crippen MR) is 74.6 cm³/mol. The highest BCUT2D eigenvalue weighted by Gasteiger charge is 2.25. The summed E-state index contributed by atoms with van der Waals surface area (Å²) in [6, 6.07) is 2.88. The fraction of sp³-hybridized carbons (Fsp3) is 0.500. The second-order valence-electron chi connectivity index (χ2n) is 4.45. The Balaban J connectivity index is 0.00000200. The molecule has 1 aliphatic heterocycles. The van der Waals surface area contributed by atoms with Crippen LogP contribution in [0.4, 0.5) is 10.1 Å². The third-order valence-electron chi connectivity index (χ3n) is 3.31. The van der Waals surface area contributed by atoms with E-state index in [4.69, 9.17) is 0 Å². The van der Waals surface area contributed by atoms with Gasteiger partial charge in [0.15, 0.2) is 0 Å². The van der Waals surface area contributed by atoms with Crippen LogP contribution in [-0.4, -0.2) is 47.7 Å². The quantitative estimate of drug-likeness (QED) is 0.643. The molecule has 1 atom stereocenters. The Morgan fingerprint density at radius 1 is 1.45 bits per heavy atom. The lowest BCUT2D eigenvalue weighted by molar-refractivity contribution is -0.385. The van der Waals surface area contributed by atoms with Crippen molar-refractivity contribution in [1.82, 2.24) is 10.2 Å². The van der Waals surface area contributed by atoms with Gasteiger partial charge in [0, 0.05) is 43.9 Å². The van der Waals surface area contributed by atoms with Crippen molar-refractivity contribution in [2.45, 2.75) is 6.04 Å². The minimum Gasteiger partial charge on any atom is -0.394 e. The lowest BCUT2D eigenvalue weighted by Crippen LogP contribution is -2.46. The minimum atomic E-state index is -0.560. The van der Waals surface area contributed by atoms with Crippen molar-refractivity contribution in [1.29, 1.82) is 0 Å². The van der Waals surface area contributed by atoms with Crippen LogP contribution >= 0.6 is 12.4 Å². The third-order valence-corrected chi connectivity index (χ3v) is 3.31. The minimum absolute atomic E-state index is 0. The molecule has 2 N–H and O–H groups in total. The Morgan fingerprint density at radius 2 is 2.10 bits per heavy atom. The fourth-order valence-corrected chi connectivity index (χ4v) is 2.30. The van der Waals surface area contributed by atoms with Crippen LogP contribution in [0.2, 0.25) is 0 Å². The smallest absolute Gasteiger partial charge is 0.269 e. The van der Waals surface area contributed by atoms with Gasteiger partial charge in [-0.3, -0.25) is 15.0 Å². The maximum absolute atomic E-state index is 13.8. The standard InChI is InChI=1S/C12H16FN3O3.ClH/c13-11-2-1-9(16(18)19)7-10(11)12(8-17)15-5-3-14-4-6-15;/h1-2,7,12,14,17H,3-6,8H2;1H/t12-;/m0./s1. The molecule has 0 spiro atoms. The Hall–Kier alpha value is -1.28. The van der Waals surface area contributed by atoms with Crippen molar-refractivity contribution < 1.29 is 14.4 Å². The normalized spacial score (nSPS) is 17.3. The summed E-state index contributed by atoms with van der Waals surface area (Å²) in [5.41, 5.74) is 0.0172. The molecule has 1 fully saturated rings. The summed E-state index contributed by atoms with van der Waals surface area (Å²) in [6.45, 7) is 2.60. The van der Waals surface area contributed by atoms with E-state index in [1.54, 1.807) is 0 Å². The summed E-state index contributed by atoms with van der Waals surface area (Å²) in [4.78, 5) is 12.1. The fourth-order valence-electron chi connectivity index (χ4n) is 2.30. The number of nitrogens with one attached hydrogen (secondary N) is 1. The molecular weight excluding hydrogens is 289 g/mol. The molecule has 0 unspecified atom stereocenters. The van der Waals surface area contributed by atoms with E-state index in [2.05, 4.69) is 5.32 Å². The molecule has 0 radical (unpaired) electrons. The number of nitrogens with zero attached hydrogens (tertiary/aromatic N) is 2. The molecule has 0 aliphatic carbocycles. The number of rotatable bonds is 4. The molecule has 1 aromatic carbocycles. The van der Waals surface area contributed by atoms with Gasteiger partial charge in [0.05, 0.1) is 17.6 Å². The maximum Gasteiger partial charge on any atom is 0.269 e. The number of piperazine rings is 1.